The van der Waals surface area contributed by atoms with Crippen molar-refractivity contribution in [1.82, 2.24) is 0 Å². The Morgan fingerprint density at radius 3 is 1.77 bits per heavy atom. The number of hydrogen-bond acceptors (Lipinski definition) is 3. The van der Waals surface area contributed by atoms with Crippen LogP contribution in [0.2, 0.25) is 0 Å². The second-order valence-electron chi connectivity index (χ2n) is 9.69. The van der Waals surface area contributed by atoms with Gasteiger partial charge >= 0.3 is 7.82 Å². The van der Waals surface area contributed by atoms with Crippen LogP contribution >= 0.6 is 7.82 Å². The monoisotopic (exact) mass is 438 g/mol. The van der Waals surface area contributed by atoms with E-state index in [0.29, 0.717) is 5.75 Å². The van der Waals surface area contributed by atoms with Crippen LogP contribution in [0.25, 0.3) is 11.1 Å². The first kappa shape index (κ1) is 23.1. The molecule has 0 aromatic heterocycles. The number of phosphoric ester groups is 1. The van der Waals surface area contributed by atoms with Crippen LogP contribution in [0.15, 0.2) is 72.8 Å². The quantitative estimate of drug-likeness (QED) is 0.419. The molecule has 31 heavy (non-hydrogen) atoms. The second kappa shape index (κ2) is 8.53. The Bertz CT molecular complexity index is 1080. The molecule has 0 saturated heterocycles. The Balaban J connectivity index is 2.20. The summed E-state index contributed by atoms with van der Waals surface area (Å²) in [5.74, 6) is 0.600. The molecule has 3 rings (SSSR count). The molecule has 1 N–H and O–H groups in total. The number of rotatable bonds is 5. The van der Waals surface area contributed by atoms with E-state index in [1.54, 1.807) is 30.3 Å². The topological polar surface area (TPSA) is 55.8 Å². The highest BCUT2D eigenvalue weighted by atomic mass is 31.2. The number of para-hydroxylation sites is 1. The third-order valence-electron chi connectivity index (χ3n) is 4.97. The Morgan fingerprint density at radius 1 is 0.710 bits per heavy atom. The third-order valence-corrected chi connectivity index (χ3v) is 5.83. The van der Waals surface area contributed by atoms with Crippen LogP contribution in [0.1, 0.15) is 52.7 Å². The molecule has 0 aliphatic heterocycles. The zero-order valence-electron chi connectivity index (χ0n) is 19.0. The van der Waals surface area contributed by atoms with Gasteiger partial charge in [-0.3, -0.25) is 4.89 Å². The highest BCUT2D eigenvalue weighted by Gasteiger charge is 2.33. The Kier molecular flexibility index (Phi) is 6.36. The van der Waals surface area contributed by atoms with Crippen molar-refractivity contribution in [2.75, 3.05) is 0 Å². The molecule has 4 nitrogen and oxygen atoms in total. The van der Waals surface area contributed by atoms with Gasteiger partial charge in [0.15, 0.2) is 0 Å². The summed E-state index contributed by atoms with van der Waals surface area (Å²) in [7, 11) is -4.41. The van der Waals surface area contributed by atoms with Crippen LogP contribution in [-0.2, 0) is 15.4 Å². The molecule has 0 bridgehead atoms. The molecule has 1 atom stereocenters. The normalized spacial score (nSPS) is 14.0. The summed E-state index contributed by atoms with van der Waals surface area (Å²) in [5, 5.41) is 0. The van der Waals surface area contributed by atoms with Gasteiger partial charge in [-0.1, -0.05) is 96.1 Å². The first-order valence-corrected chi connectivity index (χ1v) is 11.9. The molecule has 0 aliphatic carbocycles. The van der Waals surface area contributed by atoms with Crippen molar-refractivity contribution >= 4 is 7.82 Å². The molecule has 3 aromatic carbocycles. The molecule has 0 aliphatic rings. The van der Waals surface area contributed by atoms with Crippen molar-refractivity contribution in [3.05, 3.63) is 83.9 Å². The van der Waals surface area contributed by atoms with Gasteiger partial charge in [-0.15, -0.1) is 0 Å². The lowest BCUT2D eigenvalue weighted by atomic mass is 9.72. The maximum Gasteiger partial charge on any atom is 0.584 e. The van der Waals surface area contributed by atoms with Crippen LogP contribution in [-0.4, -0.2) is 4.89 Å². The average molecular weight is 439 g/mol. The molecule has 0 spiro atoms. The number of hydrogen-bond donors (Lipinski definition) is 1. The first-order chi connectivity index (χ1) is 14.4. The van der Waals surface area contributed by atoms with Gasteiger partial charge in [-0.05, 0) is 45.7 Å². The molecule has 0 radical (unpaired) electrons. The number of phosphoric acid groups is 1. The lowest BCUT2D eigenvalue weighted by Crippen LogP contribution is -2.23. The molecule has 0 amide bonds. The van der Waals surface area contributed by atoms with Crippen molar-refractivity contribution in [3.63, 3.8) is 0 Å². The van der Waals surface area contributed by atoms with Gasteiger partial charge in [0.1, 0.15) is 11.5 Å². The molecule has 1 unspecified atom stereocenters. The summed E-state index contributed by atoms with van der Waals surface area (Å²) in [6.45, 7) is 12.9. The molecular formula is C26H31O4P. The standard InChI is InChI=1S/C26H31O4P/c1-25(2,3)21-17-18-22(30-31(27,28)29-20-15-11-8-12-16-20)23(24(21)26(4,5)6)19-13-9-7-10-14-19/h7-18H,1-6H3,(H,27,28). The summed E-state index contributed by atoms with van der Waals surface area (Å²) in [4.78, 5) is 10.5. The van der Waals surface area contributed by atoms with E-state index in [1.807, 2.05) is 42.5 Å². The fourth-order valence-electron chi connectivity index (χ4n) is 3.71. The minimum absolute atomic E-state index is 0.117. The summed E-state index contributed by atoms with van der Waals surface area (Å²) in [6.07, 6.45) is 0. The van der Waals surface area contributed by atoms with Crippen molar-refractivity contribution in [2.24, 2.45) is 0 Å². The Morgan fingerprint density at radius 2 is 1.26 bits per heavy atom. The van der Waals surface area contributed by atoms with Crippen LogP contribution < -0.4 is 9.05 Å². The zero-order valence-corrected chi connectivity index (χ0v) is 19.9. The zero-order chi connectivity index (χ0) is 22.9. The highest BCUT2D eigenvalue weighted by Crippen LogP contribution is 2.51. The third kappa shape index (κ3) is 5.58. The molecule has 0 fully saturated rings. The van der Waals surface area contributed by atoms with Crippen molar-refractivity contribution in [2.45, 2.75) is 52.4 Å². The molecular weight excluding hydrogens is 407 g/mol. The first-order valence-electron chi connectivity index (χ1n) is 10.4. The van der Waals surface area contributed by atoms with E-state index in [-0.39, 0.29) is 16.6 Å². The molecule has 5 heteroatoms. The fourth-order valence-corrected chi connectivity index (χ4v) is 4.54. The molecule has 0 heterocycles. The molecule has 3 aromatic rings. The van der Waals surface area contributed by atoms with Gasteiger partial charge in [-0.25, -0.2) is 4.57 Å². The lowest BCUT2D eigenvalue weighted by molar-refractivity contribution is 0.291. The molecule has 0 saturated carbocycles. The van der Waals surface area contributed by atoms with E-state index in [0.717, 1.165) is 16.7 Å². The van der Waals surface area contributed by atoms with E-state index in [1.165, 1.54) is 5.56 Å². The van der Waals surface area contributed by atoms with E-state index < -0.39 is 7.82 Å². The lowest BCUT2D eigenvalue weighted by Gasteiger charge is -2.33. The maximum absolute atomic E-state index is 12.9. The Labute approximate surface area is 185 Å². The van der Waals surface area contributed by atoms with Crippen LogP contribution in [0.5, 0.6) is 11.5 Å². The van der Waals surface area contributed by atoms with E-state index in [9.17, 15) is 9.46 Å². The van der Waals surface area contributed by atoms with Crippen LogP contribution in [0.3, 0.4) is 0 Å². The fraction of sp³-hybridized carbons (Fsp3) is 0.308. The summed E-state index contributed by atoms with van der Waals surface area (Å²) in [6, 6.07) is 22.1. The minimum atomic E-state index is -4.41. The SMILES string of the molecule is CC(C)(C)c1ccc(OP(=O)(O)Oc2ccccc2)c(-c2ccccc2)c1C(C)(C)C. The average Bonchev–Trinajstić information content (AvgIpc) is 2.67. The Hall–Kier alpha value is -2.55. The van der Waals surface area contributed by atoms with E-state index >= 15 is 0 Å². The van der Waals surface area contributed by atoms with Gasteiger partial charge in [0.25, 0.3) is 0 Å². The van der Waals surface area contributed by atoms with Gasteiger partial charge < -0.3 is 9.05 Å². The summed E-state index contributed by atoms with van der Waals surface area (Å²) >= 11 is 0. The van der Waals surface area contributed by atoms with Gasteiger partial charge in [0.05, 0.1) is 0 Å². The number of benzene rings is 3. The van der Waals surface area contributed by atoms with Gasteiger partial charge in [0, 0.05) is 5.56 Å². The minimum Gasteiger partial charge on any atom is -0.395 e. The van der Waals surface area contributed by atoms with E-state index in [4.69, 9.17) is 9.05 Å². The summed E-state index contributed by atoms with van der Waals surface area (Å²) < 4.78 is 23.9. The smallest absolute Gasteiger partial charge is 0.395 e. The predicted molar refractivity (Wildman–Crippen MR) is 127 cm³/mol. The van der Waals surface area contributed by atoms with E-state index in [2.05, 4.69) is 41.5 Å². The maximum atomic E-state index is 12.9. The highest BCUT2D eigenvalue weighted by molar-refractivity contribution is 7.48. The van der Waals surface area contributed by atoms with Crippen molar-refractivity contribution in [1.29, 1.82) is 0 Å². The van der Waals surface area contributed by atoms with Crippen molar-refractivity contribution < 1.29 is 18.5 Å². The summed E-state index contributed by atoms with van der Waals surface area (Å²) in [5.41, 5.74) is 3.65. The van der Waals surface area contributed by atoms with Gasteiger partial charge in [0.2, 0.25) is 0 Å². The predicted octanol–water partition coefficient (Wildman–Crippen LogP) is 7.51. The second-order valence-corrected chi connectivity index (χ2v) is 11.0. The molecule has 164 valence electrons. The largest absolute Gasteiger partial charge is 0.584 e. The van der Waals surface area contributed by atoms with Gasteiger partial charge in [-0.2, -0.15) is 0 Å². The van der Waals surface area contributed by atoms with Crippen LogP contribution in [0, 0.1) is 0 Å². The van der Waals surface area contributed by atoms with Crippen LogP contribution in [0.4, 0.5) is 0 Å². The van der Waals surface area contributed by atoms with Crippen molar-refractivity contribution in [3.8, 4) is 22.6 Å².